The minimum atomic E-state index is -0.421. The normalized spacial score (nSPS) is 12.0. The van der Waals surface area contributed by atoms with Crippen LogP contribution in [0.15, 0.2) is 54.6 Å². The number of carbonyl (C=O) groups is 1. The van der Waals surface area contributed by atoms with Crippen molar-refractivity contribution >= 4 is 11.6 Å². The summed E-state index contributed by atoms with van der Waals surface area (Å²) < 4.78 is 5.59. The number of rotatable bonds is 9. The van der Waals surface area contributed by atoms with E-state index in [-0.39, 0.29) is 5.91 Å². The first-order chi connectivity index (χ1) is 12.1. The quantitative estimate of drug-likeness (QED) is 0.736. The van der Waals surface area contributed by atoms with Crippen molar-refractivity contribution < 1.29 is 9.53 Å². The lowest BCUT2D eigenvalue weighted by Gasteiger charge is -2.21. The van der Waals surface area contributed by atoms with Crippen LogP contribution in [0.25, 0.3) is 0 Å². The fourth-order valence-electron chi connectivity index (χ4n) is 2.50. The summed E-state index contributed by atoms with van der Waals surface area (Å²) in [4.78, 5) is 15.0. The molecule has 0 aliphatic carbocycles. The molecule has 0 unspecified atom stereocenters. The van der Waals surface area contributed by atoms with E-state index in [1.54, 1.807) is 0 Å². The Kier molecular flexibility index (Phi) is 7.44. The van der Waals surface area contributed by atoms with Gasteiger partial charge < -0.3 is 20.3 Å². The van der Waals surface area contributed by atoms with Gasteiger partial charge >= 0.3 is 0 Å². The van der Waals surface area contributed by atoms with Crippen LogP contribution in [0.3, 0.4) is 0 Å². The average Bonchev–Trinajstić information content (AvgIpc) is 2.61. The number of nitrogens with zero attached hydrogens (tertiary/aromatic N) is 1. The summed E-state index contributed by atoms with van der Waals surface area (Å²) in [5.41, 5.74) is 1.62. The van der Waals surface area contributed by atoms with Crippen molar-refractivity contribution in [2.24, 2.45) is 0 Å². The van der Waals surface area contributed by atoms with Gasteiger partial charge in [0.1, 0.15) is 11.8 Å². The highest BCUT2D eigenvalue weighted by molar-refractivity contribution is 5.96. The molecule has 25 heavy (non-hydrogen) atoms. The molecule has 1 atom stereocenters. The zero-order valence-corrected chi connectivity index (χ0v) is 15.2. The molecule has 0 fully saturated rings. The Bertz CT molecular complexity index is 659. The molecular formula is C20H27N3O2. The number of nitrogens with one attached hydrogen (secondary N) is 2. The van der Waals surface area contributed by atoms with Gasteiger partial charge in [0, 0.05) is 13.1 Å². The molecule has 0 aliphatic rings. The first-order valence-corrected chi connectivity index (χ1v) is 8.57. The lowest BCUT2D eigenvalue weighted by Crippen LogP contribution is -2.36. The van der Waals surface area contributed by atoms with E-state index in [0.717, 1.165) is 12.1 Å². The first-order valence-electron chi connectivity index (χ1n) is 8.57. The van der Waals surface area contributed by atoms with Gasteiger partial charge in [0.25, 0.3) is 0 Å². The van der Waals surface area contributed by atoms with Crippen LogP contribution in [0.2, 0.25) is 0 Å². The maximum atomic E-state index is 12.9. The molecular weight excluding hydrogens is 314 g/mol. The summed E-state index contributed by atoms with van der Waals surface area (Å²) in [6, 6.07) is 16.8. The molecule has 0 radical (unpaired) electrons. The van der Waals surface area contributed by atoms with Gasteiger partial charge in [0.05, 0.1) is 12.3 Å². The largest absolute Gasteiger partial charge is 0.492 e. The zero-order valence-electron chi connectivity index (χ0n) is 15.2. The van der Waals surface area contributed by atoms with Gasteiger partial charge in [-0.15, -0.1) is 0 Å². The van der Waals surface area contributed by atoms with Crippen LogP contribution in [0.4, 0.5) is 5.69 Å². The second kappa shape index (κ2) is 9.81. The van der Waals surface area contributed by atoms with Gasteiger partial charge in [0.15, 0.2) is 0 Å². The van der Waals surface area contributed by atoms with Crippen molar-refractivity contribution in [1.29, 1.82) is 0 Å². The molecule has 2 aromatic rings. The van der Waals surface area contributed by atoms with E-state index >= 15 is 0 Å². The molecule has 0 heterocycles. The van der Waals surface area contributed by atoms with Gasteiger partial charge in [0.2, 0.25) is 5.91 Å². The Labute approximate surface area is 150 Å². The molecule has 0 saturated carbocycles. The van der Waals surface area contributed by atoms with Crippen LogP contribution in [0.5, 0.6) is 5.75 Å². The van der Waals surface area contributed by atoms with Gasteiger partial charge in [-0.1, -0.05) is 42.5 Å². The van der Waals surface area contributed by atoms with Crippen molar-refractivity contribution in [3.63, 3.8) is 0 Å². The number of ether oxygens (including phenoxy) is 1. The standard InChI is InChI=1S/C20H27N3O2/c1-4-25-18-13-9-8-12-17(18)22-20(24)19(21-14-15-23(2)3)16-10-6-5-7-11-16/h5-13,19,21H,4,14-15H2,1-3H3,(H,22,24)/t19-/m1/s1. The van der Waals surface area contributed by atoms with Crippen molar-refractivity contribution in [3.8, 4) is 5.75 Å². The molecule has 0 bridgehead atoms. The highest BCUT2D eigenvalue weighted by Gasteiger charge is 2.21. The number of para-hydroxylation sites is 2. The summed E-state index contributed by atoms with van der Waals surface area (Å²) in [6.07, 6.45) is 0. The van der Waals surface area contributed by atoms with E-state index in [2.05, 4.69) is 15.5 Å². The average molecular weight is 341 g/mol. The van der Waals surface area contributed by atoms with Crippen LogP contribution in [-0.2, 0) is 4.79 Å². The van der Waals surface area contributed by atoms with Crippen LogP contribution < -0.4 is 15.4 Å². The van der Waals surface area contributed by atoms with E-state index < -0.39 is 6.04 Å². The first kappa shape index (κ1) is 19.0. The van der Waals surface area contributed by atoms with Crippen molar-refractivity contribution in [2.45, 2.75) is 13.0 Å². The lowest BCUT2D eigenvalue weighted by atomic mass is 10.1. The molecule has 0 saturated heterocycles. The van der Waals surface area contributed by atoms with Gasteiger partial charge in [-0.2, -0.15) is 0 Å². The Balaban J connectivity index is 2.15. The Morgan fingerprint density at radius 1 is 1.08 bits per heavy atom. The highest BCUT2D eigenvalue weighted by Crippen LogP contribution is 2.25. The second-order valence-corrected chi connectivity index (χ2v) is 6.02. The minimum absolute atomic E-state index is 0.0999. The number of benzene rings is 2. The molecule has 1 amide bonds. The monoisotopic (exact) mass is 341 g/mol. The number of likely N-dealkylation sites (N-methyl/N-ethyl adjacent to an activating group) is 1. The summed E-state index contributed by atoms with van der Waals surface area (Å²) in [6.45, 7) is 4.05. The number of hydrogen-bond acceptors (Lipinski definition) is 4. The number of hydrogen-bond donors (Lipinski definition) is 2. The van der Waals surface area contributed by atoms with Crippen LogP contribution in [0, 0.1) is 0 Å². The van der Waals surface area contributed by atoms with E-state index in [0.29, 0.717) is 24.6 Å². The zero-order chi connectivity index (χ0) is 18.1. The van der Waals surface area contributed by atoms with Crippen LogP contribution in [0.1, 0.15) is 18.5 Å². The lowest BCUT2D eigenvalue weighted by molar-refractivity contribution is -0.118. The molecule has 5 heteroatoms. The van der Waals surface area contributed by atoms with Gasteiger partial charge in [-0.05, 0) is 38.7 Å². The van der Waals surface area contributed by atoms with Gasteiger partial charge in [-0.3, -0.25) is 4.79 Å². The van der Waals surface area contributed by atoms with Crippen molar-refractivity contribution in [3.05, 3.63) is 60.2 Å². The van der Waals surface area contributed by atoms with E-state index in [1.807, 2.05) is 75.6 Å². The topological polar surface area (TPSA) is 53.6 Å². The van der Waals surface area contributed by atoms with Crippen molar-refractivity contribution in [1.82, 2.24) is 10.2 Å². The van der Waals surface area contributed by atoms with Crippen LogP contribution in [-0.4, -0.2) is 44.6 Å². The number of amides is 1. The molecule has 0 aromatic heterocycles. The maximum absolute atomic E-state index is 12.9. The van der Waals surface area contributed by atoms with E-state index in [1.165, 1.54) is 0 Å². The smallest absolute Gasteiger partial charge is 0.246 e. The Hall–Kier alpha value is -2.37. The van der Waals surface area contributed by atoms with Gasteiger partial charge in [-0.25, -0.2) is 0 Å². The summed E-state index contributed by atoms with van der Waals surface area (Å²) in [5, 5.41) is 6.34. The molecule has 134 valence electrons. The molecule has 0 spiro atoms. The number of anilines is 1. The minimum Gasteiger partial charge on any atom is -0.492 e. The molecule has 2 N–H and O–H groups in total. The van der Waals surface area contributed by atoms with Crippen LogP contribution >= 0.6 is 0 Å². The highest BCUT2D eigenvalue weighted by atomic mass is 16.5. The summed E-state index contributed by atoms with van der Waals surface area (Å²) >= 11 is 0. The van der Waals surface area contributed by atoms with E-state index in [4.69, 9.17) is 4.74 Å². The fraction of sp³-hybridized carbons (Fsp3) is 0.350. The Morgan fingerprint density at radius 2 is 1.76 bits per heavy atom. The predicted molar refractivity (Wildman–Crippen MR) is 102 cm³/mol. The molecule has 0 aliphatic heterocycles. The summed E-state index contributed by atoms with van der Waals surface area (Å²) in [5.74, 6) is 0.579. The summed E-state index contributed by atoms with van der Waals surface area (Å²) in [7, 11) is 4.02. The van der Waals surface area contributed by atoms with E-state index in [9.17, 15) is 4.79 Å². The van der Waals surface area contributed by atoms with Crippen molar-refractivity contribution in [2.75, 3.05) is 39.1 Å². The third-order valence-electron chi connectivity index (χ3n) is 3.75. The fourth-order valence-corrected chi connectivity index (χ4v) is 2.50. The third kappa shape index (κ3) is 5.89. The Morgan fingerprint density at radius 3 is 2.44 bits per heavy atom. The molecule has 5 nitrogen and oxygen atoms in total. The SMILES string of the molecule is CCOc1ccccc1NC(=O)[C@H](NCCN(C)C)c1ccccc1. The molecule has 2 rings (SSSR count). The molecule has 2 aromatic carbocycles. The second-order valence-electron chi connectivity index (χ2n) is 6.02. The third-order valence-corrected chi connectivity index (χ3v) is 3.75. The maximum Gasteiger partial charge on any atom is 0.246 e. The predicted octanol–water partition coefficient (Wildman–Crippen LogP) is 2.92. The number of carbonyl (C=O) groups excluding carboxylic acids is 1.